The van der Waals surface area contributed by atoms with Gasteiger partial charge in [-0.25, -0.2) is 4.39 Å². The van der Waals surface area contributed by atoms with Gasteiger partial charge in [0.25, 0.3) is 0 Å². The van der Waals surface area contributed by atoms with Crippen LogP contribution in [-0.2, 0) is 4.79 Å². The predicted molar refractivity (Wildman–Crippen MR) is 80.5 cm³/mol. The Labute approximate surface area is 124 Å². The van der Waals surface area contributed by atoms with E-state index in [0.717, 1.165) is 31.5 Å². The molecule has 2 heterocycles. The zero-order valence-electron chi connectivity index (χ0n) is 12.3. The molecular formula is C16H22FN3O. The van der Waals surface area contributed by atoms with Crippen LogP contribution in [0.5, 0.6) is 0 Å². The third kappa shape index (κ3) is 2.88. The number of halogens is 1. The van der Waals surface area contributed by atoms with Gasteiger partial charge in [0, 0.05) is 31.6 Å². The molecule has 2 saturated heterocycles. The minimum Gasteiger partial charge on any atom is -0.369 e. The third-order valence-electron chi connectivity index (χ3n) is 4.66. The van der Waals surface area contributed by atoms with Crippen LogP contribution < -0.4 is 16.0 Å². The van der Waals surface area contributed by atoms with E-state index >= 15 is 0 Å². The molecule has 3 N–H and O–H groups in total. The lowest BCUT2D eigenvalue weighted by Gasteiger charge is -2.42. The second-order valence-corrected chi connectivity index (χ2v) is 6.21. The number of hydrogen-bond acceptors (Lipinski definition) is 3. The van der Waals surface area contributed by atoms with E-state index < -0.39 is 0 Å². The van der Waals surface area contributed by atoms with E-state index in [-0.39, 0.29) is 23.8 Å². The highest BCUT2D eigenvalue weighted by Crippen LogP contribution is 2.30. The van der Waals surface area contributed by atoms with Crippen LogP contribution in [0.1, 0.15) is 37.8 Å². The summed E-state index contributed by atoms with van der Waals surface area (Å²) in [6, 6.07) is 5.37. The van der Waals surface area contributed by atoms with Crippen LogP contribution in [0.4, 0.5) is 10.1 Å². The van der Waals surface area contributed by atoms with Crippen molar-refractivity contribution < 1.29 is 9.18 Å². The number of benzene rings is 1. The van der Waals surface area contributed by atoms with Crippen molar-refractivity contribution in [2.24, 2.45) is 11.7 Å². The van der Waals surface area contributed by atoms with E-state index in [0.29, 0.717) is 18.0 Å². The highest BCUT2D eigenvalue weighted by Gasteiger charge is 2.34. The summed E-state index contributed by atoms with van der Waals surface area (Å²) in [5.74, 6) is 0.365. The van der Waals surface area contributed by atoms with Crippen molar-refractivity contribution in [1.82, 2.24) is 5.32 Å². The number of rotatable bonds is 2. The summed E-state index contributed by atoms with van der Waals surface area (Å²) in [4.78, 5) is 13.5. The number of piperidine rings is 2. The number of nitrogens with zero attached hydrogens (tertiary/aromatic N) is 1. The number of carbonyl (C=O) groups excluding carboxylic acids is 1. The Hall–Kier alpha value is -1.62. The summed E-state index contributed by atoms with van der Waals surface area (Å²) in [7, 11) is 0. The van der Waals surface area contributed by atoms with Crippen LogP contribution in [0.25, 0.3) is 0 Å². The minimum absolute atomic E-state index is 0.150. The fourth-order valence-corrected chi connectivity index (χ4v) is 3.39. The lowest BCUT2D eigenvalue weighted by Crippen LogP contribution is -2.54. The van der Waals surface area contributed by atoms with Gasteiger partial charge in [0.1, 0.15) is 5.82 Å². The zero-order valence-corrected chi connectivity index (χ0v) is 12.3. The summed E-state index contributed by atoms with van der Waals surface area (Å²) in [6.07, 6.45) is 2.36. The highest BCUT2D eigenvalue weighted by molar-refractivity contribution is 5.77. The number of amides is 1. The van der Waals surface area contributed by atoms with Crippen molar-refractivity contribution in [3.05, 3.63) is 29.6 Å². The summed E-state index contributed by atoms with van der Waals surface area (Å²) in [5.41, 5.74) is 7.25. The first-order valence-electron chi connectivity index (χ1n) is 7.64. The maximum absolute atomic E-state index is 14.3. The molecule has 0 saturated carbocycles. The Morgan fingerprint density at radius 3 is 2.95 bits per heavy atom. The molecule has 5 heteroatoms. The molecule has 2 aliphatic heterocycles. The molecule has 0 bridgehead atoms. The third-order valence-corrected chi connectivity index (χ3v) is 4.66. The van der Waals surface area contributed by atoms with Crippen LogP contribution >= 0.6 is 0 Å². The molecule has 3 atom stereocenters. The molecule has 3 rings (SSSR count). The van der Waals surface area contributed by atoms with Gasteiger partial charge in [-0.05, 0) is 43.4 Å². The largest absolute Gasteiger partial charge is 0.369 e. The predicted octanol–water partition coefficient (Wildman–Crippen LogP) is 1.95. The summed E-state index contributed by atoms with van der Waals surface area (Å²) >= 11 is 0. The van der Waals surface area contributed by atoms with Crippen molar-refractivity contribution >= 4 is 11.6 Å². The van der Waals surface area contributed by atoms with Crippen LogP contribution in [-0.4, -0.2) is 25.0 Å². The minimum atomic E-state index is -0.205. The van der Waals surface area contributed by atoms with E-state index in [1.165, 1.54) is 6.07 Å². The van der Waals surface area contributed by atoms with Crippen molar-refractivity contribution in [1.29, 1.82) is 0 Å². The van der Waals surface area contributed by atoms with E-state index in [1.54, 1.807) is 0 Å². The van der Waals surface area contributed by atoms with E-state index in [9.17, 15) is 9.18 Å². The highest BCUT2D eigenvalue weighted by atomic mass is 19.1. The number of anilines is 1. The van der Waals surface area contributed by atoms with Gasteiger partial charge in [0.15, 0.2) is 0 Å². The average Bonchev–Trinajstić information content (AvgIpc) is 2.46. The van der Waals surface area contributed by atoms with Gasteiger partial charge in [-0.3, -0.25) is 4.79 Å². The first kappa shape index (κ1) is 14.3. The topological polar surface area (TPSA) is 58.4 Å². The summed E-state index contributed by atoms with van der Waals surface area (Å²) in [5, 5.41) is 3.05. The monoisotopic (exact) mass is 291 g/mol. The van der Waals surface area contributed by atoms with E-state index in [2.05, 4.69) is 10.2 Å². The van der Waals surface area contributed by atoms with Crippen molar-refractivity contribution in [3.8, 4) is 0 Å². The van der Waals surface area contributed by atoms with Gasteiger partial charge in [0.2, 0.25) is 5.91 Å². The van der Waals surface area contributed by atoms with Crippen molar-refractivity contribution in [2.75, 3.05) is 18.0 Å². The van der Waals surface area contributed by atoms with Crippen LogP contribution in [0, 0.1) is 11.7 Å². The standard InChI is InChI=1S/C16H22FN3O/c1-10(18)11-2-4-15(13(17)8-11)20-7-6-14-12(9-20)3-5-16(21)19-14/h2,4,8,10,12,14H,3,5-7,9,18H2,1H3,(H,19,21)/t10-,12?,14?/m1/s1. The Balaban J connectivity index is 1.75. The molecule has 1 aromatic rings. The molecule has 4 nitrogen and oxygen atoms in total. The molecule has 2 aliphatic rings. The van der Waals surface area contributed by atoms with Gasteiger partial charge in [-0.1, -0.05) is 6.07 Å². The van der Waals surface area contributed by atoms with E-state index in [1.807, 2.05) is 19.1 Å². The molecule has 0 spiro atoms. The fraction of sp³-hybridized carbons (Fsp3) is 0.562. The van der Waals surface area contributed by atoms with Crippen LogP contribution in [0.3, 0.4) is 0 Å². The van der Waals surface area contributed by atoms with Crippen LogP contribution in [0.15, 0.2) is 18.2 Å². The molecular weight excluding hydrogens is 269 g/mol. The molecule has 0 radical (unpaired) electrons. The second-order valence-electron chi connectivity index (χ2n) is 6.21. The number of nitrogens with one attached hydrogen (secondary N) is 1. The molecule has 114 valence electrons. The SMILES string of the molecule is C[C@@H](N)c1ccc(N2CCC3NC(=O)CCC3C2)c(F)c1. The van der Waals surface area contributed by atoms with Crippen molar-refractivity contribution in [2.45, 2.75) is 38.3 Å². The number of hydrogen-bond donors (Lipinski definition) is 2. The lowest BCUT2D eigenvalue weighted by atomic mass is 9.85. The molecule has 1 amide bonds. The number of fused-ring (bicyclic) bond motifs is 1. The quantitative estimate of drug-likeness (QED) is 0.875. The summed E-state index contributed by atoms with van der Waals surface area (Å²) in [6.45, 7) is 3.43. The molecule has 0 aliphatic carbocycles. The first-order valence-corrected chi connectivity index (χ1v) is 7.64. The van der Waals surface area contributed by atoms with Gasteiger partial charge in [0.05, 0.1) is 5.69 Å². The molecule has 2 unspecified atom stereocenters. The lowest BCUT2D eigenvalue weighted by molar-refractivity contribution is -0.124. The maximum atomic E-state index is 14.3. The van der Waals surface area contributed by atoms with Gasteiger partial charge in [-0.15, -0.1) is 0 Å². The molecule has 2 fully saturated rings. The number of nitrogens with two attached hydrogens (primary N) is 1. The Morgan fingerprint density at radius 1 is 1.43 bits per heavy atom. The molecule has 0 aromatic heterocycles. The van der Waals surface area contributed by atoms with Crippen molar-refractivity contribution in [3.63, 3.8) is 0 Å². The zero-order chi connectivity index (χ0) is 15.0. The Morgan fingerprint density at radius 2 is 2.24 bits per heavy atom. The van der Waals surface area contributed by atoms with Crippen LogP contribution in [0.2, 0.25) is 0 Å². The smallest absolute Gasteiger partial charge is 0.220 e. The number of carbonyl (C=O) groups is 1. The molecule has 1 aromatic carbocycles. The maximum Gasteiger partial charge on any atom is 0.220 e. The van der Waals surface area contributed by atoms with E-state index in [4.69, 9.17) is 5.73 Å². The second kappa shape index (κ2) is 5.64. The first-order chi connectivity index (χ1) is 10.0. The van der Waals surface area contributed by atoms with Gasteiger partial charge in [-0.2, -0.15) is 0 Å². The fourth-order valence-electron chi connectivity index (χ4n) is 3.39. The van der Waals surface area contributed by atoms with Gasteiger partial charge >= 0.3 is 0 Å². The molecule has 21 heavy (non-hydrogen) atoms. The summed E-state index contributed by atoms with van der Waals surface area (Å²) < 4.78 is 14.3. The Kier molecular flexibility index (Phi) is 3.85. The van der Waals surface area contributed by atoms with Gasteiger partial charge < -0.3 is 16.0 Å². The normalized spacial score (nSPS) is 27.0. The average molecular weight is 291 g/mol. The Bertz CT molecular complexity index is 546.